The SMILES string of the molecule is CCC(NC(=O)c1cnc2c(cnn2CC)c1NC1CCOCC1)c1cc(C)cc(C)c1. The lowest BCUT2D eigenvalue weighted by Gasteiger charge is -2.26. The van der Waals surface area contributed by atoms with Crippen molar-refractivity contribution in [1.82, 2.24) is 20.1 Å². The molecule has 0 aliphatic carbocycles. The van der Waals surface area contributed by atoms with Crippen molar-refractivity contribution < 1.29 is 9.53 Å². The molecule has 1 amide bonds. The Morgan fingerprint density at radius 2 is 1.88 bits per heavy atom. The molecule has 0 saturated carbocycles. The molecule has 0 bridgehead atoms. The monoisotopic (exact) mass is 435 g/mol. The molecule has 3 aromatic rings. The van der Waals surface area contributed by atoms with E-state index < -0.39 is 0 Å². The minimum Gasteiger partial charge on any atom is -0.381 e. The van der Waals surface area contributed by atoms with E-state index >= 15 is 0 Å². The van der Waals surface area contributed by atoms with Crippen LogP contribution in [0.15, 0.2) is 30.6 Å². The molecule has 1 fully saturated rings. The first kappa shape index (κ1) is 22.3. The van der Waals surface area contributed by atoms with Crippen LogP contribution in [0.2, 0.25) is 0 Å². The van der Waals surface area contributed by atoms with Crippen LogP contribution in [0, 0.1) is 13.8 Å². The zero-order valence-corrected chi connectivity index (χ0v) is 19.4. The predicted molar refractivity (Wildman–Crippen MR) is 127 cm³/mol. The van der Waals surface area contributed by atoms with Gasteiger partial charge in [-0.1, -0.05) is 36.2 Å². The molecule has 2 N–H and O–H groups in total. The van der Waals surface area contributed by atoms with Crippen molar-refractivity contribution >= 4 is 22.6 Å². The number of amides is 1. The average Bonchev–Trinajstić information content (AvgIpc) is 3.21. The number of pyridine rings is 1. The Labute approximate surface area is 189 Å². The van der Waals surface area contributed by atoms with Crippen LogP contribution in [0.4, 0.5) is 5.69 Å². The highest BCUT2D eigenvalue weighted by Gasteiger charge is 2.23. The van der Waals surface area contributed by atoms with Crippen LogP contribution >= 0.6 is 0 Å². The van der Waals surface area contributed by atoms with Crippen LogP contribution in [-0.4, -0.2) is 39.9 Å². The van der Waals surface area contributed by atoms with E-state index in [0.717, 1.165) is 61.3 Å². The van der Waals surface area contributed by atoms with Crippen LogP contribution < -0.4 is 10.6 Å². The standard InChI is InChI=1S/C25H33N5O2/c1-5-22(18-12-16(3)11-17(4)13-18)29-25(31)21-14-26-24-20(15-27-30(24)6-2)23(21)28-19-7-9-32-10-8-19/h11-15,19,22H,5-10H2,1-4H3,(H,26,28)(H,29,31). The lowest BCUT2D eigenvalue weighted by molar-refractivity contribution is 0.0903. The number of ether oxygens (including phenoxy) is 1. The van der Waals surface area contributed by atoms with Crippen molar-refractivity contribution in [2.75, 3.05) is 18.5 Å². The molecular formula is C25H33N5O2. The van der Waals surface area contributed by atoms with Gasteiger partial charge >= 0.3 is 0 Å². The first-order valence-corrected chi connectivity index (χ1v) is 11.6. The van der Waals surface area contributed by atoms with E-state index in [0.29, 0.717) is 5.56 Å². The van der Waals surface area contributed by atoms with Gasteiger partial charge in [0.2, 0.25) is 0 Å². The zero-order valence-electron chi connectivity index (χ0n) is 19.4. The van der Waals surface area contributed by atoms with Gasteiger partial charge in [-0.25, -0.2) is 9.67 Å². The van der Waals surface area contributed by atoms with Gasteiger partial charge in [-0.15, -0.1) is 0 Å². The third-order valence-corrected chi connectivity index (χ3v) is 6.14. The fourth-order valence-corrected chi connectivity index (χ4v) is 4.50. The summed E-state index contributed by atoms with van der Waals surface area (Å²) < 4.78 is 7.37. The van der Waals surface area contributed by atoms with E-state index in [2.05, 4.69) is 59.7 Å². The summed E-state index contributed by atoms with van der Waals surface area (Å²) in [5.74, 6) is -0.121. The zero-order chi connectivity index (χ0) is 22.7. The molecule has 170 valence electrons. The molecule has 1 aliphatic heterocycles. The van der Waals surface area contributed by atoms with Gasteiger partial charge in [0, 0.05) is 32.0 Å². The molecule has 2 aromatic heterocycles. The van der Waals surface area contributed by atoms with Crippen molar-refractivity contribution in [1.29, 1.82) is 0 Å². The summed E-state index contributed by atoms with van der Waals surface area (Å²) in [4.78, 5) is 18.1. The maximum atomic E-state index is 13.5. The molecule has 4 rings (SSSR count). The van der Waals surface area contributed by atoms with E-state index in [9.17, 15) is 4.79 Å². The number of aromatic nitrogens is 3. The number of carbonyl (C=O) groups excluding carboxylic acids is 1. The molecule has 1 unspecified atom stereocenters. The van der Waals surface area contributed by atoms with E-state index in [1.165, 1.54) is 11.1 Å². The number of nitrogens with one attached hydrogen (secondary N) is 2. The number of carbonyl (C=O) groups is 1. The van der Waals surface area contributed by atoms with E-state index in [-0.39, 0.29) is 18.0 Å². The van der Waals surface area contributed by atoms with Gasteiger partial charge < -0.3 is 15.4 Å². The normalized spacial score (nSPS) is 15.6. The largest absolute Gasteiger partial charge is 0.381 e. The average molecular weight is 436 g/mol. The van der Waals surface area contributed by atoms with Crippen molar-refractivity contribution in [2.45, 2.75) is 65.6 Å². The Morgan fingerprint density at radius 3 is 2.53 bits per heavy atom. The van der Waals surface area contributed by atoms with Gasteiger partial charge in [0.15, 0.2) is 5.65 Å². The summed E-state index contributed by atoms with van der Waals surface area (Å²) in [6.45, 7) is 10.5. The minimum atomic E-state index is -0.121. The third-order valence-electron chi connectivity index (χ3n) is 6.14. The van der Waals surface area contributed by atoms with Crippen LogP contribution in [-0.2, 0) is 11.3 Å². The second-order valence-corrected chi connectivity index (χ2v) is 8.63. The second kappa shape index (κ2) is 9.69. The maximum absolute atomic E-state index is 13.5. The molecule has 0 spiro atoms. The number of benzene rings is 1. The Bertz CT molecular complexity index is 1080. The van der Waals surface area contributed by atoms with Gasteiger partial charge in [-0.3, -0.25) is 4.79 Å². The number of nitrogens with zero attached hydrogens (tertiary/aromatic N) is 3. The summed E-state index contributed by atoms with van der Waals surface area (Å²) in [5, 5.41) is 12.2. The number of hydrogen-bond acceptors (Lipinski definition) is 5. The molecular weight excluding hydrogens is 402 g/mol. The summed E-state index contributed by atoms with van der Waals surface area (Å²) in [6, 6.07) is 6.64. The molecule has 3 heterocycles. The number of fused-ring (bicyclic) bond motifs is 1. The Hall–Kier alpha value is -2.93. The minimum absolute atomic E-state index is 0.0638. The molecule has 1 saturated heterocycles. The number of anilines is 1. The molecule has 7 heteroatoms. The fraction of sp³-hybridized carbons (Fsp3) is 0.480. The molecule has 1 atom stereocenters. The highest BCUT2D eigenvalue weighted by atomic mass is 16.5. The van der Waals surface area contributed by atoms with Crippen molar-refractivity contribution in [3.63, 3.8) is 0 Å². The molecule has 0 radical (unpaired) electrons. The van der Waals surface area contributed by atoms with Crippen molar-refractivity contribution in [3.8, 4) is 0 Å². The topological polar surface area (TPSA) is 81.1 Å². The predicted octanol–water partition coefficient (Wildman–Crippen LogP) is 4.54. The Kier molecular flexibility index (Phi) is 6.74. The Morgan fingerprint density at radius 1 is 1.16 bits per heavy atom. The third kappa shape index (κ3) is 4.63. The van der Waals surface area contributed by atoms with Crippen molar-refractivity contribution in [2.24, 2.45) is 0 Å². The van der Waals surface area contributed by atoms with Gasteiger partial charge in [0.05, 0.1) is 28.9 Å². The summed E-state index contributed by atoms with van der Waals surface area (Å²) in [6.07, 6.45) is 6.12. The summed E-state index contributed by atoms with van der Waals surface area (Å²) in [7, 11) is 0. The lowest BCUT2D eigenvalue weighted by Crippen LogP contribution is -2.32. The second-order valence-electron chi connectivity index (χ2n) is 8.63. The van der Waals surface area contributed by atoms with Crippen LogP contribution in [0.1, 0.15) is 66.2 Å². The lowest BCUT2D eigenvalue weighted by atomic mass is 9.99. The highest BCUT2D eigenvalue weighted by molar-refractivity contribution is 6.06. The number of rotatable bonds is 7. The van der Waals surface area contributed by atoms with Crippen LogP contribution in [0.3, 0.4) is 0 Å². The Balaban J connectivity index is 1.68. The van der Waals surface area contributed by atoms with E-state index in [1.807, 2.05) is 17.8 Å². The first-order valence-electron chi connectivity index (χ1n) is 11.6. The summed E-state index contributed by atoms with van der Waals surface area (Å²) in [5.41, 5.74) is 5.69. The molecule has 1 aromatic carbocycles. The maximum Gasteiger partial charge on any atom is 0.255 e. The summed E-state index contributed by atoms with van der Waals surface area (Å²) >= 11 is 0. The molecule has 1 aliphatic rings. The highest BCUT2D eigenvalue weighted by Crippen LogP contribution is 2.29. The van der Waals surface area contributed by atoms with Gasteiger partial charge in [-0.05, 0) is 45.6 Å². The van der Waals surface area contributed by atoms with Gasteiger partial charge in [0.25, 0.3) is 5.91 Å². The molecule has 7 nitrogen and oxygen atoms in total. The quantitative estimate of drug-likeness (QED) is 0.569. The van der Waals surface area contributed by atoms with Crippen LogP contribution in [0.25, 0.3) is 11.0 Å². The van der Waals surface area contributed by atoms with Crippen LogP contribution in [0.5, 0.6) is 0 Å². The fourth-order valence-electron chi connectivity index (χ4n) is 4.50. The smallest absolute Gasteiger partial charge is 0.255 e. The number of hydrogen-bond donors (Lipinski definition) is 2. The van der Waals surface area contributed by atoms with E-state index in [1.54, 1.807) is 6.20 Å². The number of aryl methyl sites for hydroxylation is 3. The van der Waals surface area contributed by atoms with Crippen molar-refractivity contribution in [3.05, 3.63) is 52.8 Å². The molecule has 32 heavy (non-hydrogen) atoms. The van der Waals surface area contributed by atoms with Gasteiger partial charge in [-0.2, -0.15) is 5.10 Å². The van der Waals surface area contributed by atoms with Gasteiger partial charge in [0.1, 0.15) is 0 Å². The first-order chi connectivity index (χ1) is 15.5. The van der Waals surface area contributed by atoms with E-state index in [4.69, 9.17) is 4.74 Å².